The van der Waals surface area contributed by atoms with Gasteiger partial charge in [-0.05, 0) is 80.1 Å². The van der Waals surface area contributed by atoms with Gasteiger partial charge in [0.2, 0.25) is 5.36 Å². The summed E-state index contributed by atoms with van der Waals surface area (Å²) in [6.45, 7) is 10.2. The van der Waals surface area contributed by atoms with Crippen molar-refractivity contribution in [3.05, 3.63) is 87.1 Å². The maximum Gasteiger partial charge on any atom is 0.303 e. The number of benzene rings is 3. The van der Waals surface area contributed by atoms with Crippen molar-refractivity contribution in [2.75, 3.05) is 23.7 Å². The van der Waals surface area contributed by atoms with Crippen LogP contribution in [0.25, 0.3) is 0 Å². The second-order valence-corrected chi connectivity index (χ2v) is 17.3. The number of hydrogen-bond donors (Lipinski definition) is 3. The molecule has 3 heterocycles. The number of aliphatic carboxylic acids is 1. The van der Waals surface area contributed by atoms with Crippen molar-refractivity contribution in [3.8, 4) is 0 Å². The maximum absolute atomic E-state index is 12.2. The SMILES string of the molecule is CC1(C)c2cc3c(cc2N=c2cc4c(cc21)=[N+](Cc1ccc(S(=O)(=O)O)cc1)CCC4)C(CS(=O)(=O)O)CC(C)(C)N3CCCC(=O)O. The molecular weight excluding hydrogens is 655 g/mol. The van der Waals surface area contributed by atoms with E-state index >= 15 is 0 Å². The third-order valence-electron chi connectivity index (χ3n) is 10.1. The first kappa shape index (κ1) is 34.2. The Morgan fingerprint density at radius 1 is 1.00 bits per heavy atom. The minimum atomic E-state index is -4.27. The monoisotopic (exact) mass is 696 g/mol. The number of anilines is 1. The van der Waals surface area contributed by atoms with Gasteiger partial charge in [0, 0.05) is 59.1 Å². The van der Waals surface area contributed by atoms with Crippen LogP contribution in [0, 0.1) is 0 Å². The molecule has 0 radical (unpaired) electrons. The third kappa shape index (κ3) is 6.65. The Labute approximate surface area is 281 Å². The minimum absolute atomic E-state index is 0.0157. The van der Waals surface area contributed by atoms with E-state index in [4.69, 9.17) is 4.99 Å². The van der Waals surface area contributed by atoms with Crippen molar-refractivity contribution in [3.63, 3.8) is 0 Å². The number of nitrogens with zero attached hydrogens (tertiary/aromatic N) is 3. The number of rotatable bonds is 9. The van der Waals surface area contributed by atoms with Crippen LogP contribution in [0.5, 0.6) is 0 Å². The molecule has 48 heavy (non-hydrogen) atoms. The van der Waals surface area contributed by atoms with Gasteiger partial charge in [0.1, 0.15) is 6.54 Å². The predicted octanol–water partition coefficient (Wildman–Crippen LogP) is 3.99. The van der Waals surface area contributed by atoms with Crippen LogP contribution in [-0.2, 0) is 43.4 Å². The summed E-state index contributed by atoms with van der Waals surface area (Å²) < 4.78 is 68.9. The normalized spacial score (nSPS) is 19.4. The third-order valence-corrected chi connectivity index (χ3v) is 11.8. The van der Waals surface area contributed by atoms with Crippen molar-refractivity contribution < 1.29 is 35.8 Å². The summed E-state index contributed by atoms with van der Waals surface area (Å²) in [7, 11) is -8.54. The lowest BCUT2D eigenvalue weighted by Gasteiger charge is -2.49. The molecule has 0 spiro atoms. The van der Waals surface area contributed by atoms with E-state index < -0.39 is 48.8 Å². The van der Waals surface area contributed by atoms with Crippen LogP contribution in [-0.4, -0.2) is 61.4 Å². The first-order chi connectivity index (χ1) is 22.3. The lowest BCUT2D eigenvalue weighted by molar-refractivity contribution is -0.137. The highest BCUT2D eigenvalue weighted by atomic mass is 32.2. The number of hydrogen-bond acceptors (Lipinski definition) is 7. The summed E-state index contributed by atoms with van der Waals surface area (Å²) in [5.41, 5.74) is 5.48. The largest absolute Gasteiger partial charge is 0.481 e. The molecule has 3 aromatic carbocycles. The molecule has 0 amide bonds. The number of carbonyl (C=O) groups is 1. The molecule has 0 saturated carbocycles. The van der Waals surface area contributed by atoms with Crippen molar-refractivity contribution in [1.82, 2.24) is 4.58 Å². The second-order valence-electron chi connectivity index (χ2n) is 14.4. The minimum Gasteiger partial charge on any atom is -0.481 e. The number of aryl methyl sites for hydroxylation is 1. The lowest BCUT2D eigenvalue weighted by Crippen LogP contribution is -2.50. The quantitative estimate of drug-likeness (QED) is 0.222. The Bertz CT molecular complexity index is 2160. The van der Waals surface area contributed by atoms with Crippen LogP contribution < -0.4 is 20.2 Å². The smallest absolute Gasteiger partial charge is 0.303 e. The highest BCUT2D eigenvalue weighted by molar-refractivity contribution is 7.86. The standard InChI is InChI=1S/C35H41N3O8S2/c1-34(2)19-24(21-47(41,42)43)26-16-30-28(18-32(26)38(34)14-6-8-33(39)40)35(3,4)27-17-31-23(15-29(27)36-30)7-5-13-37(31)20-22-9-11-25(12-10-22)48(44,45)46/h9-12,15-18,24H,5-8,13-14,19-21H2,1-4H3,(H2-,39,40,41,42,43,44,45,46)/p+1. The van der Waals surface area contributed by atoms with Crippen LogP contribution in [0.1, 0.15) is 87.1 Å². The molecule has 0 saturated heterocycles. The predicted molar refractivity (Wildman–Crippen MR) is 182 cm³/mol. The lowest BCUT2D eigenvalue weighted by atomic mass is 9.72. The molecule has 0 aromatic heterocycles. The van der Waals surface area contributed by atoms with Crippen LogP contribution in [0.15, 0.2) is 58.4 Å². The molecule has 6 rings (SSSR count). The van der Waals surface area contributed by atoms with E-state index in [9.17, 15) is 35.8 Å². The molecule has 3 N–H and O–H groups in total. The molecule has 256 valence electrons. The molecular formula is C35H42N3O8S2+. The Hall–Kier alpha value is -3.65. The molecule has 3 aromatic rings. The number of carboxylic acids is 1. The van der Waals surface area contributed by atoms with E-state index in [1.807, 2.05) is 19.9 Å². The zero-order valence-electron chi connectivity index (χ0n) is 27.6. The molecule has 11 nitrogen and oxygen atoms in total. The van der Waals surface area contributed by atoms with Crippen molar-refractivity contribution >= 4 is 37.6 Å². The Morgan fingerprint density at radius 2 is 1.71 bits per heavy atom. The van der Waals surface area contributed by atoms with E-state index in [0.717, 1.165) is 69.3 Å². The van der Waals surface area contributed by atoms with Gasteiger partial charge in [0.05, 0.1) is 21.7 Å². The number of fused-ring (bicyclic) bond motifs is 4. The van der Waals surface area contributed by atoms with Gasteiger partial charge in [-0.15, -0.1) is 0 Å². The molecule has 0 aliphatic carbocycles. The topological polar surface area (TPSA) is 165 Å². The summed E-state index contributed by atoms with van der Waals surface area (Å²) in [5.74, 6) is -1.74. The van der Waals surface area contributed by atoms with Crippen molar-refractivity contribution in [2.45, 2.75) is 88.1 Å². The molecule has 0 bridgehead atoms. The van der Waals surface area contributed by atoms with Crippen LogP contribution in [0.4, 0.5) is 11.4 Å². The van der Waals surface area contributed by atoms with Gasteiger partial charge < -0.3 is 10.0 Å². The molecule has 3 aliphatic rings. The van der Waals surface area contributed by atoms with Gasteiger partial charge in [0.25, 0.3) is 20.2 Å². The molecule has 1 atom stereocenters. The summed E-state index contributed by atoms with van der Waals surface area (Å²) >= 11 is 0. The maximum atomic E-state index is 12.2. The second kappa shape index (κ2) is 12.0. The van der Waals surface area contributed by atoms with Gasteiger partial charge >= 0.3 is 5.97 Å². The van der Waals surface area contributed by atoms with E-state index in [1.165, 1.54) is 12.1 Å². The molecule has 1 unspecified atom stereocenters. The van der Waals surface area contributed by atoms with Gasteiger partial charge in [-0.3, -0.25) is 13.9 Å². The van der Waals surface area contributed by atoms with Gasteiger partial charge in [-0.2, -0.15) is 16.8 Å². The zero-order chi connectivity index (χ0) is 34.8. The summed E-state index contributed by atoms with van der Waals surface area (Å²) in [6.07, 6.45) is 2.72. The zero-order valence-corrected chi connectivity index (χ0v) is 29.2. The molecule has 0 fully saturated rings. The molecule has 13 heteroatoms. The highest BCUT2D eigenvalue weighted by Crippen LogP contribution is 2.49. The average molecular weight is 697 g/mol. The van der Waals surface area contributed by atoms with Gasteiger partial charge in [-0.1, -0.05) is 26.0 Å². The van der Waals surface area contributed by atoms with Crippen LogP contribution in [0.3, 0.4) is 0 Å². The average Bonchev–Trinajstić information content (AvgIpc) is 2.96. The first-order valence-corrected chi connectivity index (χ1v) is 19.2. The Balaban J connectivity index is 1.48. The summed E-state index contributed by atoms with van der Waals surface area (Å²) in [6, 6.07) is 14.7. The summed E-state index contributed by atoms with van der Waals surface area (Å²) in [5, 5.41) is 11.3. The Morgan fingerprint density at radius 3 is 2.35 bits per heavy atom. The van der Waals surface area contributed by atoms with Crippen LogP contribution in [0.2, 0.25) is 0 Å². The fourth-order valence-corrected chi connectivity index (χ4v) is 9.11. The fourth-order valence-electron chi connectivity index (χ4n) is 7.83. The first-order valence-electron chi connectivity index (χ1n) is 16.2. The molecule has 3 aliphatic heterocycles. The summed E-state index contributed by atoms with van der Waals surface area (Å²) in [4.78, 5) is 18.5. The highest BCUT2D eigenvalue weighted by Gasteiger charge is 2.42. The fraction of sp³-hybridized carbons (Fsp3) is 0.457. The van der Waals surface area contributed by atoms with E-state index in [1.54, 1.807) is 12.1 Å². The van der Waals surface area contributed by atoms with Crippen LogP contribution >= 0.6 is 0 Å². The van der Waals surface area contributed by atoms with E-state index in [2.05, 4.69) is 41.5 Å². The van der Waals surface area contributed by atoms with Gasteiger partial charge in [-0.25, -0.2) is 9.57 Å². The van der Waals surface area contributed by atoms with E-state index in [-0.39, 0.29) is 11.3 Å². The van der Waals surface area contributed by atoms with Crippen molar-refractivity contribution in [1.29, 1.82) is 0 Å². The van der Waals surface area contributed by atoms with Crippen molar-refractivity contribution in [2.24, 2.45) is 4.99 Å². The Kier molecular flexibility index (Phi) is 8.59. The van der Waals surface area contributed by atoms with E-state index in [0.29, 0.717) is 25.9 Å². The van der Waals surface area contributed by atoms with Gasteiger partial charge in [0.15, 0.2) is 6.54 Å². The number of carboxylic acid groups (broad SMARTS) is 1.